The van der Waals surface area contributed by atoms with Crippen LogP contribution in [0.5, 0.6) is 0 Å². The lowest BCUT2D eigenvalue weighted by Crippen LogP contribution is -2.63. The van der Waals surface area contributed by atoms with E-state index in [0.717, 1.165) is 25.7 Å². The highest BCUT2D eigenvalue weighted by Crippen LogP contribution is 2.68. The van der Waals surface area contributed by atoms with E-state index in [9.17, 15) is 39.3 Å². The molecule has 0 radical (unpaired) electrons. The van der Waals surface area contributed by atoms with Crippen LogP contribution in [-0.4, -0.2) is 87.3 Å². The number of nitrogens with two attached hydrogens (primary N) is 1. The van der Waals surface area contributed by atoms with Crippen LogP contribution >= 0.6 is 0 Å². The third kappa shape index (κ3) is 12.3. The first-order valence-corrected chi connectivity index (χ1v) is 23.9. The monoisotopic (exact) mass is 860 g/mol. The van der Waals surface area contributed by atoms with E-state index in [1.807, 2.05) is 55.4 Å². The number of aliphatic hydroxyl groups excluding tert-OH is 2. The molecule has 13 nitrogen and oxygen atoms in total. The zero-order valence-corrected chi connectivity index (χ0v) is 39.5. The lowest BCUT2D eigenvalue weighted by Gasteiger charge is -2.63. The Morgan fingerprint density at radius 2 is 1.16 bits per heavy atom. The molecule has 0 aromatic rings. The summed E-state index contributed by atoms with van der Waals surface area (Å²) in [6, 6.07) is -3.51. The van der Waals surface area contributed by atoms with Crippen LogP contribution in [0.3, 0.4) is 0 Å². The average Bonchev–Trinajstić information content (AvgIpc) is 3.51. The van der Waals surface area contributed by atoms with Crippen LogP contribution in [0.1, 0.15) is 160 Å². The number of nitrogens with one attached hydrogen (secondary N) is 4. The van der Waals surface area contributed by atoms with Gasteiger partial charge in [-0.2, -0.15) is 0 Å². The molecule has 4 fully saturated rings. The first kappa shape index (κ1) is 50.9. The number of aliphatic carboxylic acids is 1. The number of carboxylic acid groups (broad SMARTS) is 1. The lowest BCUT2D eigenvalue weighted by molar-refractivity contribution is -0.202. The van der Waals surface area contributed by atoms with Gasteiger partial charge in [-0.25, -0.2) is 0 Å². The standard InChI is InChI=1S/C48H85N5O8/c1-25(2)18-35(49)43(58)51-37(20-27(5)6)45(60)53-38(21-28(7)8)46(61)52-36(19-26(3)4)44(59)50-31-16-17-47(10)30(22-31)23-39(54)42-33-14-13-32(29(9)12-15-41(56)57)48(33,11)40(55)24-34(42)47/h25-40,42,54-55H,12-24,49H2,1-11H3,(H,50,59)(H,51,58)(H,52,61)(H,53,60)(H,56,57)/t29-,30+,31+,32-,33?,34?,35?,36?,37?,38?,39?,40+,42?,47+,48-/m1/s1. The van der Waals surface area contributed by atoms with Crippen molar-refractivity contribution >= 4 is 29.6 Å². The Morgan fingerprint density at radius 1 is 0.656 bits per heavy atom. The molecule has 0 aromatic heterocycles. The van der Waals surface area contributed by atoms with Gasteiger partial charge in [0.1, 0.15) is 18.1 Å². The normalized spacial score (nSPS) is 33.5. The Morgan fingerprint density at radius 3 is 1.67 bits per heavy atom. The van der Waals surface area contributed by atoms with Crippen molar-refractivity contribution in [2.75, 3.05) is 0 Å². The van der Waals surface area contributed by atoms with Crippen LogP contribution in [-0.2, 0) is 24.0 Å². The van der Waals surface area contributed by atoms with Gasteiger partial charge in [-0.1, -0.05) is 76.2 Å². The highest BCUT2D eigenvalue weighted by molar-refractivity contribution is 5.94. The topological polar surface area (TPSA) is 220 Å². The van der Waals surface area contributed by atoms with E-state index >= 15 is 0 Å². The summed E-state index contributed by atoms with van der Waals surface area (Å²) in [5.74, 6) is -1.02. The molecule has 0 aliphatic heterocycles. The van der Waals surface area contributed by atoms with Gasteiger partial charge in [-0.15, -0.1) is 0 Å². The summed E-state index contributed by atoms with van der Waals surface area (Å²) in [6.45, 7) is 22.5. The predicted molar refractivity (Wildman–Crippen MR) is 238 cm³/mol. The lowest BCUT2D eigenvalue weighted by atomic mass is 9.43. The summed E-state index contributed by atoms with van der Waals surface area (Å²) >= 11 is 0. The van der Waals surface area contributed by atoms with E-state index in [0.29, 0.717) is 51.4 Å². The zero-order chi connectivity index (χ0) is 45.7. The number of carbonyl (C=O) groups excluding carboxylic acids is 4. The fourth-order valence-electron chi connectivity index (χ4n) is 12.7. The molecule has 13 heteroatoms. The van der Waals surface area contributed by atoms with E-state index in [2.05, 4.69) is 42.0 Å². The molecule has 0 bridgehead atoms. The highest BCUT2D eigenvalue weighted by atomic mass is 16.4. The molecule has 15 atom stereocenters. The van der Waals surface area contributed by atoms with Gasteiger partial charge in [0.15, 0.2) is 0 Å². The van der Waals surface area contributed by atoms with Gasteiger partial charge in [-0.05, 0) is 147 Å². The predicted octanol–water partition coefficient (Wildman–Crippen LogP) is 5.54. The minimum atomic E-state index is -0.922. The molecule has 0 saturated heterocycles. The van der Waals surface area contributed by atoms with Crippen LogP contribution in [0.15, 0.2) is 0 Å². The maximum absolute atomic E-state index is 14.2. The highest BCUT2D eigenvalue weighted by Gasteiger charge is 2.65. The second-order valence-electron chi connectivity index (χ2n) is 22.3. The molecule has 4 amide bonds. The molecule has 0 aromatic carbocycles. The quantitative estimate of drug-likeness (QED) is 0.0770. The van der Waals surface area contributed by atoms with E-state index < -0.39 is 60.1 Å². The van der Waals surface area contributed by atoms with Gasteiger partial charge in [-0.3, -0.25) is 24.0 Å². The molecule has 350 valence electrons. The van der Waals surface area contributed by atoms with Gasteiger partial charge in [0.2, 0.25) is 23.6 Å². The van der Waals surface area contributed by atoms with Gasteiger partial charge in [0.25, 0.3) is 0 Å². The maximum atomic E-state index is 14.2. The molecule has 4 aliphatic rings. The number of fused-ring (bicyclic) bond motifs is 5. The van der Waals surface area contributed by atoms with Gasteiger partial charge in [0.05, 0.1) is 18.2 Å². The summed E-state index contributed by atoms with van der Waals surface area (Å²) < 4.78 is 0. The van der Waals surface area contributed by atoms with E-state index in [4.69, 9.17) is 5.73 Å². The molecule has 0 heterocycles. The minimum absolute atomic E-state index is 0.0505. The summed E-state index contributed by atoms with van der Waals surface area (Å²) in [4.78, 5) is 66.4. The Labute approximate surface area is 367 Å². The van der Waals surface area contributed by atoms with E-state index in [-0.39, 0.29) is 88.4 Å². The van der Waals surface area contributed by atoms with Crippen molar-refractivity contribution in [2.45, 2.75) is 202 Å². The van der Waals surface area contributed by atoms with Crippen molar-refractivity contribution in [1.29, 1.82) is 0 Å². The van der Waals surface area contributed by atoms with Crippen molar-refractivity contribution in [3.05, 3.63) is 0 Å². The fourth-order valence-corrected chi connectivity index (χ4v) is 12.7. The number of aliphatic hydroxyl groups is 2. The molecule has 8 unspecified atom stereocenters. The Hall–Kier alpha value is -2.77. The van der Waals surface area contributed by atoms with Crippen LogP contribution in [0.4, 0.5) is 0 Å². The Kier molecular flexibility index (Phi) is 17.7. The number of carbonyl (C=O) groups is 5. The first-order valence-electron chi connectivity index (χ1n) is 23.9. The summed E-state index contributed by atoms with van der Waals surface area (Å²) in [5.41, 5.74) is 5.67. The third-order valence-corrected chi connectivity index (χ3v) is 15.8. The van der Waals surface area contributed by atoms with E-state index in [1.54, 1.807) is 0 Å². The van der Waals surface area contributed by atoms with Gasteiger partial charge in [0, 0.05) is 12.5 Å². The SMILES string of the molecule is CC(C)CC(N)C(=O)NC(CC(C)C)C(=O)NC(CC(C)C)C(=O)NC(CC(C)C)C(=O)N[C@H]1CC[C@]2(C)C3C[C@H](O)[C@@]4(C)C(CC[C@@H]4[C@H](C)CCC(=O)O)C3C(O)C[C@@H]2C1. The van der Waals surface area contributed by atoms with Gasteiger partial charge >= 0.3 is 5.97 Å². The van der Waals surface area contributed by atoms with Crippen molar-refractivity contribution in [3.8, 4) is 0 Å². The van der Waals surface area contributed by atoms with Crippen molar-refractivity contribution < 1.29 is 39.3 Å². The smallest absolute Gasteiger partial charge is 0.303 e. The summed E-state index contributed by atoms with van der Waals surface area (Å²) in [6.07, 6.45) is 6.69. The second kappa shape index (κ2) is 21.3. The van der Waals surface area contributed by atoms with Crippen molar-refractivity contribution in [2.24, 2.45) is 75.7 Å². The molecule has 4 rings (SSSR count). The number of hydrogen-bond donors (Lipinski definition) is 8. The maximum Gasteiger partial charge on any atom is 0.303 e. The number of amides is 4. The van der Waals surface area contributed by atoms with Crippen molar-refractivity contribution in [1.82, 2.24) is 21.3 Å². The van der Waals surface area contributed by atoms with Crippen LogP contribution < -0.4 is 27.0 Å². The third-order valence-electron chi connectivity index (χ3n) is 15.8. The number of hydrogen-bond acceptors (Lipinski definition) is 8. The molecule has 4 saturated carbocycles. The van der Waals surface area contributed by atoms with Crippen molar-refractivity contribution in [3.63, 3.8) is 0 Å². The van der Waals surface area contributed by atoms with Gasteiger partial charge < -0.3 is 42.3 Å². The number of rotatable bonds is 20. The first-order chi connectivity index (χ1) is 28.4. The Bertz CT molecular complexity index is 1520. The molecular weight excluding hydrogens is 775 g/mol. The fraction of sp³-hybridized carbons (Fsp3) is 0.896. The van der Waals surface area contributed by atoms with E-state index in [1.165, 1.54) is 0 Å². The summed E-state index contributed by atoms with van der Waals surface area (Å²) in [5, 5.41) is 45.3. The van der Waals surface area contributed by atoms with Crippen LogP contribution in [0.2, 0.25) is 0 Å². The minimum Gasteiger partial charge on any atom is -0.481 e. The molecule has 4 aliphatic carbocycles. The molecule has 0 spiro atoms. The second-order valence-corrected chi connectivity index (χ2v) is 22.3. The molecule has 61 heavy (non-hydrogen) atoms. The summed E-state index contributed by atoms with van der Waals surface area (Å²) in [7, 11) is 0. The van der Waals surface area contributed by atoms with Crippen LogP contribution in [0.25, 0.3) is 0 Å². The molecular formula is C48H85N5O8. The number of carboxylic acids is 1. The average molecular weight is 860 g/mol. The largest absolute Gasteiger partial charge is 0.481 e. The zero-order valence-electron chi connectivity index (χ0n) is 39.5. The Balaban J connectivity index is 1.44. The molecule has 9 N–H and O–H groups in total. The van der Waals surface area contributed by atoms with Crippen LogP contribution in [0, 0.1) is 70.0 Å².